The molecule has 1 N–H and O–H groups in total. The second kappa shape index (κ2) is 5.54. The highest BCUT2D eigenvalue weighted by molar-refractivity contribution is 6.32. The molecule has 0 radical (unpaired) electrons. The normalized spacial score (nSPS) is 17.6. The smallest absolute Gasteiger partial charge is 0.246 e. The summed E-state index contributed by atoms with van der Waals surface area (Å²) in [5, 5.41) is 10.3. The van der Waals surface area contributed by atoms with Gasteiger partial charge in [0.2, 0.25) is 5.91 Å². The number of amides is 1. The second-order valence-corrected chi connectivity index (χ2v) is 5.83. The van der Waals surface area contributed by atoms with Gasteiger partial charge < -0.3 is 10.0 Å². The molecule has 20 heavy (non-hydrogen) atoms. The average Bonchev–Trinajstić information content (AvgIpc) is 2.33. The molecule has 1 saturated heterocycles. The van der Waals surface area contributed by atoms with Crippen LogP contribution in [0.5, 0.6) is 0 Å². The number of benzene rings is 1. The van der Waals surface area contributed by atoms with Crippen LogP contribution in [-0.2, 0) is 4.79 Å². The highest BCUT2D eigenvalue weighted by Gasteiger charge is 2.45. The first-order valence-corrected chi connectivity index (χ1v) is 6.84. The van der Waals surface area contributed by atoms with E-state index in [2.05, 4.69) is 0 Å². The van der Waals surface area contributed by atoms with Gasteiger partial charge in [0.1, 0.15) is 11.4 Å². The Morgan fingerprint density at radius 2 is 2.15 bits per heavy atom. The summed E-state index contributed by atoms with van der Waals surface area (Å²) < 4.78 is 13.5. The largest absolute Gasteiger partial charge is 0.386 e. The molecule has 5 heteroatoms. The van der Waals surface area contributed by atoms with E-state index in [9.17, 15) is 14.3 Å². The summed E-state index contributed by atoms with van der Waals surface area (Å²) in [5.41, 5.74) is -0.610. The van der Waals surface area contributed by atoms with Gasteiger partial charge in [-0.2, -0.15) is 0 Å². The van der Waals surface area contributed by atoms with Gasteiger partial charge in [-0.1, -0.05) is 31.5 Å². The summed E-state index contributed by atoms with van der Waals surface area (Å²) in [7, 11) is 0. The summed E-state index contributed by atoms with van der Waals surface area (Å²) >= 11 is 5.87. The van der Waals surface area contributed by atoms with Crippen molar-refractivity contribution in [1.29, 1.82) is 0 Å². The maximum absolute atomic E-state index is 13.5. The first kappa shape index (κ1) is 15.0. The minimum atomic E-state index is -0.806. The van der Waals surface area contributed by atoms with Gasteiger partial charge in [0.05, 0.1) is 18.1 Å². The van der Waals surface area contributed by atoms with E-state index in [-0.39, 0.29) is 22.4 Å². The number of carbonyl (C=O) groups is 1. The number of nitrogens with zero attached hydrogens (tertiary/aromatic N) is 1. The standard InChI is InChI=1S/C15H17ClFNO2/c1-10(2)15(20)8-18(9-15)14(19)7-6-11-12(16)4-3-5-13(11)17/h3-7,10,20H,8-9H2,1-2H3. The molecule has 0 aliphatic carbocycles. The first-order chi connectivity index (χ1) is 9.33. The Labute approximate surface area is 122 Å². The van der Waals surface area contributed by atoms with E-state index >= 15 is 0 Å². The molecule has 108 valence electrons. The van der Waals surface area contributed by atoms with E-state index in [1.54, 1.807) is 6.07 Å². The van der Waals surface area contributed by atoms with E-state index in [1.807, 2.05) is 13.8 Å². The molecular formula is C15H17ClFNO2. The van der Waals surface area contributed by atoms with Crippen molar-refractivity contribution >= 4 is 23.6 Å². The molecular weight excluding hydrogens is 281 g/mol. The van der Waals surface area contributed by atoms with Gasteiger partial charge in [-0.05, 0) is 24.1 Å². The van der Waals surface area contributed by atoms with Crippen molar-refractivity contribution in [3.8, 4) is 0 Å². The molecule has 1 amide bonds. The zero-order valence-corrected chi connectivity index (χ0v) is 12.2. The Morgan fingerprint density at radius 1 is 1.50 bits per heavy atom. The van der Waals surface area contributed by atoms with Crippen LogP contribution >= 0.6 is 11.6 Å². The zero-order valence-electron chi connectivity index (χ0n) is 11.4. The van der Waals surface area contributed by atoms with Crippen LogP contribution in [0.4, 0.5) is 4.39 Å². The molecule has 1 aromatic rings. The van der Waals surface area contributed by atoms with Crippen LogP contribution in [0.1, 0.15) is 19.4 Å². The third-order valence-corrected chi connectivity index (χ3v) is 4.04. The summed E-state index contributed by atoms with van der Waals surface area (Å²) in [6.45, 7) is 4.44. The lowest BCUT2D eigenvalue weighted by Gasteiger charge is -2.48. The molecule has 3 nitrogen and oxygen atoms in total. The minimum absolute atomic E-state index is 0.0940. The zero-order chi connectivity index (χ0) is 14.9. The minimum Gasteiger partial charge on any atom is -0.386 e. The fraction of sp³-hybridized carbons (Fsp3) is 0.400. The van der Waals surface area contributed by atoms with Crippen LogP contribution in [0, 0.1) is 11.7 Å². The summed E-state index contributed by atoms with van der Waals surface area (Å²) in [6.07, 6.45) is 2.65. The summed E-state index contributed by atoms with van der Waals surface area (Å²) in [6, 6.07) is 4.36. The van der Waals surface area contributed by atoms with Crippen molar-refractivity contribution in [1.82, 2.24) is 4.90 Å². The van der Waals surface area contributed by atoms with Crippen LogP contribution in [-0.4, -0.2) is 34.6 Å². The van der Waals surface area contributed by atoms with Crippen molar-refractivity contribution in [2.75, 3.05) is 13.1 Å². The van der Waals surface area contributed by atoms with Crippen molar-refractivity contribution in [3.63, 3.8) is 0 Å². The lowest BCUT2D eigenvalue weighted by atomic mass is 9.83. The summed E-state index contributed by atoms with van der Waals surface area (Å²) in [5.74, 6) is -0.630. The van der Waals surface area contributed by atoms with Gasteiger partial charge in [-0.3, -0.25) is 4.79 Å². The van der Waals surface area contributed by atoms with Gasteiger partial charge >= 0.3 is 0 Å². The van der Waals surface area contributed by atoms with Gasteiger partial charge in [0.15, 0.2) is 0 Å². The Hall–Kier alpha value is -1.39. The highest BCUT2D eigenvalue weighted by Crippen LogP contribution is 2.29. The lowest BCUT2D eigenvalue weighted by Crippen LogP contribution is -2.65. The number of carbonyl (C=O) groups excluding carboxylic acids is 1. The monoisotopic (exact) mass is 297 g/mol. The van der Waals surface area contributed by atoms with Crippen molar-refractivity contribution < 1.29 is 14.3 Å². The third kappa shape index (κ3) is 2.86. The lowest BCUT2D eigenvalue weighted by molar-refractivity contribution is -0.158. The van der Waals surface area contributed by atoms with Crippen molar-refractivity contribution in [2.24, 2.45) is 5.92 Å². The molecule has 0 unspecified atom stereocenters. The number of aliphatic hydroxyl groups is 1. The second-order valence-electron chi connectivity index (χ2n) is 5.42. The van der Waals surface area contributed by atoms with Crippen LogP contribution in [0.2, 0.25) is 5.02 Å². The number of hydrogen-bond donors (Lipinski definition) is 1. The van der Waals surface area contributed by atoms with Gasteiger partial charge in [-0.15, -0.1) is 0 Å². The van der Waals surface area contributed by atoms with E-state index in [4.69, 9.17) is 11.6 Å². The number of hydrogen-bond acceptors (Lipinski definition) is 2. The predicted molar refractivity (Wildman–Crippen MR) is 76.8 cm³/mol. The molecule has 0 bridgehead atoms. The molecule has 1 heterocycles. The molecule has 0 saturated carbocycles. The van der Waals surface area contributed by atoms with E-state index in [0.29, 0.717) is 13.1 Å². The SMILES string of the molecule is CC(C)C1(O)CN(C(=O)C=Cc2c(F)cccc2Cl)C1. The van der Waals surface area contributed by atoms with Crippen LogP contribution in [0.3, 0.4) is 0 Å². The first-order valence-electron chi connectivity index (χ1n) is 6.47. The fourth-order valence-electron chi connectivity index (χ4n) is 2.07. The van der Waals surface area contributed by atoms with Gasteiger partial charge in [0.25, 0.3) is 0 Å². The Kier molecular flexibility index (Phi) is 4.16. The predicted octanol–water partition coefficient (Wildman–Crippen LogP) is 2.72. The maximum atomic E-state index is 13.5. The molecule has 0 atom stereocenters. The van der Waals surface area contributed by atoms with Crippen molar-refractivity contribution in [3.05, 3.63) is 40.7 Å². The molecule has 1 aliphatic heterocycles. The average molecular weight is 298 g/mol. The Morgan fingerprint density at radius 3 is 2.70 bits per heavy atom. The number of halogens is 2. The maximum Gasteiger partial charge on any atom is 0.246 e. The van der Waals surface area contributed by atoms with E-state index < -0.39 is 11.4 Å². The van der Waals surface area contributed by atoms with Crippen molar-refractivity contribution in [2.45, 2.75) is 19.4 Å². The summed E-state index contributed by atoms with van der Waals surface area (Å²) in [4.78, 5) is 13.4. The molecule has 2 rings (SSSR count). The van der Waals surface area contributed by atoms with Gasteiger partial charge in [0, 0.05) is 11.6 Å². The number of likely N-dealkylation sites (tertiary alicyclic amines) is 1. The number of rotatable bonds is 3. The highest BCUT2D eigenvalue weighted by atomic mass is 35.5. The molecule has 1 fully saturated rings. The van der Waals surface area contributed by atoms with Crippen LogP contribution in [0.15, 0.2) is 24.3 Å². The number of β-amino-alcohol motifs (C(OH)–C–C–N with tert-alkyl or cyclic N) is 1. The van der Waals surface area contributed by atoms with Crippen LogP contribution in [0.25, 0.3) is 6.08 Å². The Bertz CT molecular complexity index is 531. The quantitative estimate of drug-likeness (QED) is 0.872. The van der Waals surface area contributed by atoms with Crippen LogP contribution < -0.4 is 0 Å². The Balaban J connectivity index is 2.02. The molecule has 0 spiro atoms. The fourth-order valence-corrected chi connectivity index (χ4v) is 2.29. The van der Waals surface area contributed by atoms with E-state index in [1.165, 1.54) is 29.2 Å². The third-order valence-electron chi connectivity index (χ3n) is 3.71. The van der Waals surface area contributed by atoms with E-state index in [0.717, 1.165) is 0 Å². The topological polar surface area (TPSA) is 40.5 Å². The molecule has 1 aliphatic rings. The molecule has 0 aromatic heterocycles. The van der Waals surface area contributed by atoms with Gasteiger partial charge in [-0.25, -0.2) is 4.39 Å². The molecule has 1 aromatic carbocycles.